The number of rotatable bonds is 3. The van der Waals surface area contributed by atoms with Crippen molar-refractivity contribution in [3.05, 3.63) is 69.2 Å². The fraction of sp³-hybridized carbons (Fsp3) is 0.125. The molecular weight excluding hydrogens is 373 g/mol. The van der Waals surface area contributed by atoms with Crippen LogP contribution in [0.2, 0.25) is 0 Å². The fourth-order valence-corrected chi connectivity index (χ4v) is 2.14. The molecule has 1 N–H and O–H groups in total. The van der Waals surface area contributed by atoms with Crippen LogP contribution in [0.5, 0.6) is 0 Å². The second-order valence-electron chi connectivity index (χ2n) is 4.79. The van der Waals surface area contributed by atoms with E-state index in [2.05, 4.69) is 26.5 Å². The molecule has 0 bridgehead atoms. The number of nitrogens with one attached hydrogen (secondary N) is 1. The zero-order chi connectivity index (χ0) is 17.0. The van der Waals surface area contributed by atoms with Crippen LogP contribution in [0, 0.1) is 6.92 Å². The highest BCUT2D eigenvalue weighted by Gasteiger charge is 2.30. The van der Waals surface area contributed by atoms with E-state index in [0.29, 0.717) is 5.56 Å². The zero-order valence-electron chi connectivity index (χ0n) is 12.0. The number of hydrogen-bond donors (Lipinski definition) is 1. The average Bonchev–Trinajstić information content (AvgIpc) is 2.49. The minimum atomic E-state index is -4.42. The first-order valence-corrected chi connectivity index (χ1v) is 7.33. The number of halogens is 4. The average molecular weight is 385 g/mol. The van der Waals surface area contributed by atoms with E-state index in [-0.39, 0.29) is 5.56 Å². The van der Waals surface area contributed by atoms with Crippen molar-refractivity contribution in [3.63, 3.8) is 0 Å². The van der Waals surface area contributed by atoms with Crippen molar-refractivity contribution >= 4 is 28.1 Å². The summed E-state index contributed by atoms with van der Waals surface area (Å²) in [6.07, 6.45) is -3.25. The summed E-state index contributed by atoms with van der Waals surface area (Å²) in [4.78, 5) is 11.9. The highest BCUT2D eigenvalue weighted by Crippen LogP contribution is 2.29. The normalized spacial score (nSPS) is 11.7. The molecule has 2 aromatic rings. The highest BCUT2D eigenvalue weighted by atomic mass is 79.9. The Morgan fingerprint density at radius 3 is 2.61 bits per heavy atom. The van der Waals surface area contributed by atoms with Crippen molar-refractivity contribution in [1.82, 2.24) is 5.43 Å². The van der Waals surface area contributed by atoms with Gasteiger partial charge in [-0.3, -0.25) is 4.79 Å². The number of aryl methyl sites for hydroxylation is 1. The van der Waals surface area contributed by atoms with Gasteiger partial charge < -0.3 is 0 Å². The number of nitrogens with zero attached hydrogens (tertiary/aromatic N) is 1. The predicted octanol–water partition coefficient (Wildman–Crippen LogP) is 4.54. The smallest absolute Gasteiger partial charge is 0.267 e. The van der Waals surface area contributed by atoms with E-state index in [9.17, 15) is 18.0 Å². The Morgan fingerprint density at radius 2 is 1.96 bits per heavy atom. The molecule has 120 valence electrons. The third kappa shape index (κ3) is 4.66. The van der Waals surface area contributed by atoms with Gasteiger partial charge in [0.1, 0.15) is 0 Å². The Hall–Kier alpha value is -2.15. The van der Waals surface area contributed by atoms with E-state index in [1.165, 1.54) is 12.1 Å². The molecule has 0 fully saturated rings. The summed E-state index contributed by atoms with van der Waals surface area (Å²) < 4.78 is 38.6. The minimum absolute atomic E-state index is 0.241. The molecule has 0 heterocycles. The second kappa shape index (κ2) is 6.95. The van der Waals surface area contributed by atoms with Gasteiger partial charge in [0.2, 0.25) is 0 Å². The number of benzene rings is 2. The summed E-state index contributed by atoms with van der Waals surface area (Å²) in [6.45, 7) is 1.89. The van der Waals surface area contributed by atoms with Gasteiger partial charge in [0.05, 0.1) is 11.8 Å². The summed E-state index contributed by atoms with van der Waals surface area (Å²) in [5.74, 6) is -0.450. The molecule has 0 saturated heterocycles. The van der Waals surface area contributed by atoms with Gasteiger partial charge in [-0.25, -0.2) is 5.43 Å². The number of alkyl halides is 3. The molecule has 0 radical (unpaired) electrons. The predicted molar refractivity (Wildman–Crippen MR) is 85.4 cm³/mol. The van der Waals surface area contributed by atoms with E-state index < -0.39 is 17.6 Å². The van der Waals surface area contributed by atoms with Gasteiger partial charge in [0.15, 0.2) is 0 Å². The molecule has 2 aromatic carbocycles. The Kier molecular flexibility index (Phi) is 5.20. The van der Waals surface area contributed by atoms with Crippen LogP contribution in [0.3, 0.4) is 0 Å². The minimum Gasteiger partial charge on any atom is -0.267 e. The Morgan fingerprint density at radius 1 is 1.22 bits per heavy atom. The molecule has 0 aliphatic heterocycles. The Labute approximate surface area is 139 Å². The quantitative estimate of drug-likeness (QED) is 0.612. The Bertz CT molecular complexity index is 757. The molecule has 23 heavy (non-hydrogen) atoms. The van der Waals surface area contributed by atoms with Gasteiger partial charge in [-0.05, 0) is 42.3 Å². The van der Waals surface area contributed by atoms with Crippen molar-refractivity contribution in [2.75, 3.05) is 0 Å². The molecule has 0 aliphatic rings. The molecule has 0 aromatic heterocycles. The van der Waals surface area contributed by atoms with Crippen molar-refractivity contribution in [2.45, 2.75) is 13.1 Å². The van der Waals surface area contributed by atoms with Crippen LogP contribution in [-0.4, -0.2) is 12.1 Å². The van der Waals surface area contributed by atoms with Crippen LogP contribution in [0.25, 0.3) is 0 Å². The molecule has 1 amide bonds. The van der Waals surface area contributed by atoms with E-state index in [0.717, 1.165) is 28.4 Å². The van der Waals surface area contributed by atoms with Gasteiger partial charge in [-0.2, -0.15) is 18.3 Å². The van der Waals surface area contributed by atoms with E-state index in [1.807, 2.05) is 6.92 Å². The number of hydrogen-bond acceptors (Lipinski definition) is 2. The maximum absolute atomic E-state index is 12.6. The third-order valence-corrected chi connectivity index (χ3v) is 3.88. The molecule has 0 atom stereocenters. The lowest BCUT2D eigenvalue weighted by Crippen LogP contribution is -2.17. The maximum Gasteiger partial charge on any atom is 0.416 e. The van der Waals surface area contributed by atoms with Crippen molar-refractivity contribution in [3.8, 4) is 0 Å². The summed E-state index contributed by atoms with van der Waals surface area (Å²) in [7, 11) is 0. The van der Waals surface area contributed by atoms with Gasteiger partial charge in [0.25, 0.3) is 5.91 Å². The molecule has 0 saturated carbocycles. The molecule has 7 heteroatoms. The van der Waals surface area contributed by atoms with Crippen LogP contribution < -0.4 is 5.43 Å². The van der Waals surface area contributed by atoms with Crippen molar-refractivity contribution in [2.24, 2.45) is 5.10 Å². The lowest BCUT2D eigenvalue weighted by Gasteiger charge is -2.06. The summed E-state index contributed by atoms with van der Waals surface area (Å²) in [5, 5.41) is 3.69. The SMILES string of the molecule is Cc1ccc(C(=O)N/N=C/c2cccc(C(F)(F)F)c2)cc1Br. The third-order valence-electron chi connectivity index (χ3n) is 3.03. The van der Waals surface area contributed by atoms with E-state index in [4.69, 9.17) is 0 Å². The van der Waals surface area contributed by atoms with Gasteiger partial charge in [0, 0.05) is 10.0 Å². The van der Waals surface area contributed by atoms with Gasteiger partial charge in [-0.1, -0.05) is 34.1 Å². The van der Waals surface area contributed by atoms with Gasteiger partial charge >= 0.3 is 6.18 Å². The van der Waals surface area contributed by atoms with Crippen LogP contribution in [0.15, 0.2) is 52.0 Å². The van der Waals surface area contributed by atoms with Crippen molar-refractivity contribution < 1.29 is 18.0 Å². The first kappa shape index (κ1) is 17.2. The monoisotopic (exact) mass is 384 g/mol. The van der Waals surface area contributed by atoms with Crippen LogP contribution in [0.4, 0.5) is 13.2 Å². The number of amides is 1. The fourth-order valence-electron chi connectivity index (χ4n) is 1.76. The zero-order valence-corrected chi connectivity index (χ0v) is 13.6. The maximum atomic E-state index is 12.6. The lowest BCUT2D eigenvalue weighted by molar-refractivity contribution is -0.137. The highest BCUT2D eigenvalue weighted by molar-refractivity contribution is 9.10. The topological polar surface area (TPSA) is 41.5 Å². The first-order chi connectivity index (χ1) is 10.8. The standard InChI is InChI=1S/C16H12BrF3N2O/c1-10-5-6-12(8-14(10)17)15(23)22-21-9-11-3-2-4-13(7-11)16(18,19)20/h2-9H,1H3,(H,22,23)/b21-9+. The number of carbonyl (C=O) groups excluding carboxylic acids is 1. The van der Waals surface area contributed by atoms with Crippen LogP contribution >= 0.6 is 15.9 Å². The second-order valence-corrected chi connectivity index (χ2v) is 5.64. The summed E-state index contributed by atoms with van der Waals surface area (Å²) in [6, 6.07) is 9.73. The molecule has 0 spiro atoms. The molecule has 0 aliphatic carbocycles. The summed E-state index contributed by atoms with van der Waals surface area (Å²) >= 11 is 3.32. The molecular formula is C16H12BrF3N2O. The molecule has 2 rings (SSSR count). The number of carbonyl (C=O) groups is 1. The molecule has 0 unspecified atom stereocenters. The van der Waals surface area contributed by atoms with Crippen molar-refractivity contribution in [1.29, 1.82) is 0 Å². The number of hydrazone groups is 1. The van der Waals surface area contributed by atoms with Crippen LogP contribution in [-0.2, 0) is 6.18 Å². The first-order valence-electron chi connectivity index (χ1n) is 6.54. The largest absolute Gasteiger partial charge is 0.416 e. The van der Waals surface area contributed by atoms with Crippen LogP contribution in [0.1, 0.15) is 27.0 Å². The molecule has 3 nitrogen and oxygen atoms in total. The summed E-state index contributed by atoms with van der Waals surface area (Å²) in [5.41, 5.74) is 3.13. The lowest BCUT2D eigenvalue weighted by atomic mass is 10.1. The van der Waals surface area contributed by atoms with E-state index >= 15 is 0 Å². The van der Waals surface area contributed by atoms with Gasteiger partial charge in [-0.15, -0.1) is 0 Å². The Balaban J connectivity index is 2.06. The van der Waals surface area contributed by atoms with E-state index in [1.54, 1.807) is 18.2 Å².